The van der Waals surface area contributed by atoms with Gasteiger partial charge in [0.2, 0.25) is 0 Å². The molecule has 8 heteroatoms. The van der Waals surface area contributed by atoms with Crippen LogP contribution < -0.4 is 9.47 Å². The van der Waals surface area contributed by atoms with E-state index in [2.05, 4.69) is 5.16 Å². The molecule has 0 N–H and O–H groups in total. The van der Waals surface area contributed by atoms with Crippen LogP contribution in [0.1, 0.15) is 24.8 Å². The molecule has 2 heterocycles. The molecule has 1 saturated heterocycles. The summed E-state index contributed by atoms with van der Waals surface area (Å²) in [6, 6.07) is 14.2. The van der Waals surface area contributed by atoms with E-state index < -0.39 is 16.0 Å². The average molecular weight is 416 g/mol. The van der Waals surface area contributed by atoms with Crippen molar-refractivity contribution in [1.82, 2.24) is 4.31 Å². The SMILES string of the molecule is COc1ccc(C2=NOC3(CCCN([S+](=O)([O-])c4cccc(OC)c4)C3)C2)cc1. The van der Waals surface area contributed by atoms with Gasteiger partial charge in [-0.3, -0.25) is 0 Å². The van der Waals surface area contributed by atoms with Gasteiger partial charge in [-0.05, 0) is 54.8 Å². The van der Waals surface area contributed by atoms with E-state index >= 15 is 0 Å². The molecule has 0 saturated carbocycles. The van der Waals surface area contributed by atoms with Crippen molar-refractivity contribution in [3.63, 3.8) is 0 Å². The van der Waals surface area contributed by atoms with Crippen LogP contribution in [0.2, 0.25) is 0 Å². The van der Waals surface area contributed by atoms with E-state index in [-0.39, 0.29) is 11.4 Å². The van der Waals surface area contributed by atoms with Crippen molar-refractivity contribution in [2.45, 2.75) is 29.8 Å². The van der Waals surface area contributed by atoms with E-state index in [1.54, 1.807) is 31.4 Å². The number of hydrogen-bond donors (Lipinski definition) is 0. The molecule has 0 bridgehead atoms. The lowest BCUT2D eigenvalue weighted by atomic mass is 9.87. The van der Waals surface area contributed by atoms with Crippen LogP contribution in [0.5, 0.6) is 11.5 Å². The minimum absolute atomic E-state index is 0.225. The number of benzene rings is 2. The Morgan fingerprint density at radius 2 is 1.90 bits per heavy atom. The van der Waals surface area contributed by atoms with Crippen molar-refractivity contribution < 1.29 is 23.1 Å². The topological polar surface area (TPSA) is 83.4 Å². The molecule has 2 unspecified atom stereocenters. The van der Waals surface area contributed by atoms with Crippen LogP contribution in [0, 0.1) is 0 Å². The Balaban J connectivity index is 1.51. The van der Waals surface area contributed by atoms with Crippen LogP contribution in [0.15, 0.2) is 58.6 Å². The fourth-order valence-corrected chi connectivity index (χ4v) is 5.44. The molecular formula is C21H24N2O5S. The zero-order chi connectivity index (χ0) is 20.5. The summed E-state index contributed by atoms with van der Waals surface area (Å²) in [5.74, 6) is 1.29. The van der Waals surface area contributed by atoms with Crippen molar-refractivity contribution in [3.8, 4) is 11.5 Å². The highest BCUT2D eigenvalue weighted by Gasteiger charge is 2.48. The molecule has 1 fully saturated rings. The molecule has 0 aliphatic carbocycles. The lowest BCUT2D eigenvalue weighted by Crippen LogP contribution is -2.52. The van der Waals surface area contributed by atoms with Crippen LogP contribution >= 0.6 is 0 Å². The van der Waals surface area contributed by atoms with Gasteiger partial charge >= 0.3 is 0 Å². The highest BCUT2D eigenvalue weighted by Crippen LogP contribution is 2.38. The molecule has 0 aromatic heterocycles. The third-order valence-corrected chi connectivity index (χ3v) is 7.29. The lowest BCUT2D eigenvalue weighted by Gasteiger charge is -2.38. The Kier molecular flexibility index (Phi) is 5.33. The molecule has 2 aliphatic heterocycles. The van der Waals surface area contributed by atoms with Gasteiger partial charge in [0, 0.05) is 19.0 Å². The molecule has 0 amide bonds. The molecule has 1 spiro atoms. The van der Waals surface area contributed by atoms with Gasteiger partial charge in [0.05, 0.1) is 26.5 Å². The molecule has 7 nitrogen and oxygen atoms in total. The number of rotatable bonds is 5. The first-order valence-electron chi connectivity index (χ1n) is 9.49. The average Bonchev–Trinajstić information content (AvgIpc) is 3.16. The summed E-state index contributed by atoms with van der Waals surface area (Å²) in [7, 11) is -0.499. The van der Waals surface area contributed by atoms with Crippen LogP contribution in [-0.2, 0) is 19.4 Å². The van der Waals surface area contributed by atoms with E-state index in [1.165, 1.54) is 11.4 Å². The molecule has 2 aromatic rings. The number of piperidine rings is 1. The normalized spacial score (nSPS) is 23.9. The van der Waals surface area contributed by atoms with E-state index in [0.29, 0.717) is 25.1 Å². The second-order valence-electron chi connectivity index (χ2n) is 7.34. The molecule has 4 rings (SSSR count). The summed E-state index contributed by atoms with van der Waals surface area (Å²) < 4.78 is 38.2. The molecule has 2 aliphatic rings. The van der Waals surface area contributed by atoms with Crippen molar-refractivity contribution in [2.75, 3.05) is 27.3 Å². The summed E-state index contributed by atoms with van der Waals surface area (Å²) in [6.07, 6.45) is 2.05. The van der Waals surface area contributed by atoms with E-state index in [0.717, 1.165) is 23.4 Å². The van der Waals surface area contributed by atoms with Crippen molar-refractivity contribution in [1.29, 1.82) is 0 Å². The number of oxime groups is 1. The summed E-state index contributed by atoms with van der Waals surface area (Å²) in [4.78, 5) is 6.06. The Morgan fingerprint density at radius 1 is 1.14 bits per heavy atom. The molecule has 2 aromatic carbocycles. The third-order valence-electron chi connectivity index (χ3n) is 5.45. The number of ether oxygens (including phenoxy) is 2. The summed E-state index contributed by atoms with van der Waals surface area (Å²) >= 11 is 0. The Labute approximate surface area is 171 Å². The third kappa shape index (κ3) is 3.88. The highest BCUT2D eigenvalue weighted by molar-refractivity contribution is 7.95. The minimum atomic E-state index is -3.64. The zero-order valence-electron chi connectivity index (χ0n) is 16.5. The fraction of sp³-hybridized carbons (Fsp3) is 0.381. The second-order valence-corrected chi connectivity index (χ2v) is 9.28. The zero-order valence-corrected chi connectivity index (χ0v) is 17.3. The number of hydrogen-bond acceptors (Lipinski definition) is 6. The minimum Gasteiger partial charge on any atom is -0.593 e. The van der Waals surface area contributed by atoms with Gasteiger partial charge in [-0.2, -0.15) is 0 Å². The maximum atomic E-state index is 13.2. The monoisotopic (exact) mass is 416 g/mol. The quantitative estimate of drug-likeness (QED) is 0.699. The Hall–Kier alpha value is -2.42. The summed E-state index contributed by atoms with van der Waals surface area (Å²) in [5.41, 5.74) is 1.16. The number of sulfonamides is 1. The fourth-order valence-electron chi connectivity index (χ4n) is 3.85. The van der Waals surface area contributed by atoms with Gasteiger partial charge in [-0.15, -0.1) is 4.31 Å². The van der Waals surface area contributed by atoms with Gasteiger partial charge < -0.3 is 18.9 Å². The first-order chi connectivity index (χ1) is 14.0. The van der Waals surface area contributed by atoms with Gasteiger partial charge in [0.15, 0.2) is 20.9 Å². The van der Waals surface area contributed by atoms with E-state index in [4.69, 9.17) is 14.3 Å². The van der Waals surface area contributed by atoms with E-state index in [1.807, 2.05) is 24.3 Å². The molecule has 154 valence electrons. The van der Waals surface area contributed by atoms with Crippen molar-refractivity contribution >= 4 is 16.1 Å². The second kappa shape index (κ2) is 7.78. The molecule has 2 atom stereocenters. The summed E-state index contributed by atoms with van der Waals surface area (Å²) in [6.45, 7) is 0.734. The molecule has 29 heavy (non-hydrogen) atoms. The maximum absolute atomic E-state index is 13.2. The molecular weight excluding hydrogens is 392 g/mol. The summed E-state index contributed by atoms with van der Waals surface area (Å²) in [5, 5.41) is 4.29. The maximum Gasteiger partial charge on any atom is 0.179 e. The van der Waals surface area contributed by atoms with Crippen LogP contribution in [0.25, 0.3) is 0 Å². The van der Waals surface area contributed by atoms with Crippen molar-refractivity contribution in [2.24, 2.45) is 5.16 Å². The number of nitrogens with zero attached hydrogens (tertiary/aromatic N) is 2. The lowest BCUT2D eigenvalue weighted by molar-refractivity contribution is -0.0533. The van der Waals surface area contributed by atoms with Gasteiger partial charge in [-0.1, -0.05) is 15.4 Å². The Bertz CT molecular complexity index is 962. The van der Waals surface area contributed by atoms with Gasteiger partial charge in [0.25, 0.3) is 0 Å². The largest absolute Gasteiger partial charge is 0.593 e. The standard InChI is InChI=1S/C21H24N2O5S/c1-26-17-9-7-16(8-10-17)20-14-21(28-22-20)11-4-12-23(15-21)29(24,25)19-6-3-5-18(13-19)27-2/h3,5-10,13H,4,11-12,14-15H2,1-2H3. The first-order valence-corrected chi connectivity index (χ1v) is 10.9. The first kappa shape index (κ1) is 19.9. The molecule has 0 radical (unpaired) electrons. The van der Waals surface area contributed by atoms with Crippen LogP contribution in [-0.4, -0.2) is 47.5 Å². The predicted octanol–water partition coefficient (Wildman–Crippen LogP) is 3.27. The highest BCUT2D eigenvalue weighted by atomic mass is 32.3. The van der Waals surface area contributed by atoms with Crippen molar-refractivity contribution in [3.05, 3.63) is 54.1 Å². The van der Waals surface area contributed by atoms with Gasteiger partial charge in [-0.25, -0.2) is 0 Å². The number of methoxy groups -OCH3 is 2. The van der Waals surface area contributed by atoms with Crippen LogP contribution in [0.4, 0.5) is 0 Å². The predicted molar refractivity (Wildman–Crippen MR) is 109 cm³/mol. The van der Waals surface area contributed by atoms with Gasteiger partial charge in [0.1, 0.15) is 11.5 Å². The van der Waals surface area contributed by atoms with E-state index in [9.17, 15) is 8.76 Å². The smallest absolute Gasteiger partial charge is 0.179 e. The van der Waals surface area contributed by atoms with Crippen LogP contribution in [0.3, 0.4) is 0 Å². The Morgan fingerprint density at radius 3 is 2.62 bits per heavy atom.